The van der Waals surface area contributed by atoms with Gasteiger partial charge in [0.15, 0.2) is 5.84 Å². The van der Waals surface area contributed by atoms with Gasteiger partial charge in [-0.15, -0.1) is 15.7 Å². The fraction of sp³-hybridized carbons (Fsp3) is 0.200. The van der Waals surface area contributed by atoms with Gasteiger partial charge in [0.2, 0.25) is 0 Å². The second-order valence-electron chi connectivity index (χ2n) is 5.02. The minimum atomic E-state index is -3.70. The molecule has 120 valence electrons. The highest BCUT2D eigenvalue weighted by Gasteiger charge is 2.30. The summed E-state index contributed by atoms with van der Waals surface area (Å²) < 4.78 is 32.8. The summed E-state index contributed by atoms with van der Waals surface area (Å²) in [6, 6.07) is 6.57. The molecule has 0 aliphatic carbocycles. The van der Waals surface area contributed by atoms with Crippen molar-refractivity contribution in [2.45, 2.75) is 18.7 Å². The van der Waals surface area contributed by atoms with Crippen LogP contribution < -0.4 is 5.32 Å². The minimum absolute atomic E-state index is 0.159. The van der Waals surface area contributed by atoms with Crippen LogP contribution in [0, 0.1) is 13.8 Å². The van der Waals surface area contributed by atoms with Crippen LogP contribution in [0.4, 0.5) is 5.00 Å². The van der Waals surface area contributed by atoms with Crippen molar-refractivity contribution in [3.63, 3.8) is 0 Å². The Kier molecular flexibility index (Phi) is 3.73. The van der Waals surface area contributed by atoms with Gasteiger partial charge in [-0.1, -0.05) is 12.1 Å². The second-order valence-corrected chi connectivity index (χ2v) is 7.81. The number of ether oxygens (including phenoxy) is 1. The van der Waals surface area contributed by atoms with Gasteiger partial charge in [-0.25, -0.2) is 4.79 Å². The lowest BCUT2D eigenvalue weighted by molar-refractivity contribution is 0.0601. The van der Waals surface area contributed by atoms with Gasteiger partial charge in [-0.05, 0) is 31.5 Å². The predicted octanol–water partition coefficient (Wildman–Crippen LogP) is 2.71. The molecule has 0 fully saturated rings. The number of rotatable bonds is 2. The molecule has 0 amide bonds. The molecule has 3 rings (SSSR count). The zero-order valence-corrected chi connectivity index (χ0v) is 14.3. The maximum Gasteiger partial charge on any atom is 0.341 e. The van der Waals surface area contributed by atoms with Crippen LogP contribution in [0.25, 0.3) is 0 Å². The fourth-order valence-corrected chi connectivity index (χ4v) is 4.59. The summed E-state index contributed by atoms with van der Waals surface area (Å²) in [5.41, 5.74) is 1.70. The number of nitrogens with one attached hydrogen (secondary N) is 1. The van der Waals surface area contributed by atoms with Gasteiger partial charge in [0.05, 0.1) is 12.7 Å². The number of carbonyl (C=O) groups excluding carboxylic acids is 1. The number of nitrogens with zero attached hydrogens (tertiary/aromatic N) is 1. The Hall–Kier alpha value is -2.19. The molecule has 1 N–H and O–H groups in total. The molecule has 2 aromatic rings. The summed E-state index contributed by atoms with van der Waals surface area (Å²) in [6.45, 7) is 3.71. The van der Waals surface area contributed by atoms with Gasteiger partial charge in [0, 0.05) is 10.4 Å². The van der Waals surface area contributed by atoms with E-state index in [1.807, 2.05) is 13.8 Å². The number of amidine groups is 1. The number of sulfonamides is 1. The maximum atomic E-state index is 12.1. The van der Waals surface area contributed by atoms with E-state index < -0.39 is 16.0 Å². The average molecular weight is 350 g/mol. The van der Waals surface area contributed by atoms with Crippen LogP contribution in [-0.4, -0.2) is 27.3 Å². The highest BCUT2D eigenvalue weighted by Crippen LogP contribution is 2.35. The van der Waals surface area contributed by atoms with Crippen molar-refractivity contribution in [1.29, 1.82) is 0 Å². The topological polar surface area (TPSA) is 84.8 Å². The maximum absolute atomic E-state index is 12.1. The summed E-state index contributed by atoms with van der Waals surface area (Å²) in [4.78, 5) is 13.1. The number of hydrogen-bond donors (Lipinski definition) is 1. The lowest BCUT2D eigenvalue weighted by Gasteiger charge is -2.07. The fourth-order valence-electron chi connectivity index (χ4n) is 2.37. The van der Waals surface area contributed by atoms with E-state index in [-0.39, 0.29) is 10.7 Å². The smallest absolute Gasteiger partial charge is 0.341 e. The van der Waals surface area contributed by atoms with Gasteiger partial charge in [0.25, 0.3) is 10.0 Å². The summed E-state index contributed by atoms with van der Waals surface area (Å²) >= 11 is 1.36. The molecule has 0 spiro atoms. The van der Waals surface area contributed by atoms with E-state index >= 15 is 0 Å². The third kappa shape index (κ3) is 2.53. The third-order valence-corrected chi connectivity index (χ3v) is 6.10. The van der Waals surface area contributed by atoms with Crippen molar-refractivity contribution in [2.75, 3.05) is 12.4 Å². The standard InChI is InChI=1S/C15H14N2O4S2/c1-8-9(2)22-14(12(8)15(18)21-3)16-13-10-6-4-5-7-11(10)23(19,20)17-13/h4-7H,1-3H3,(H,16,17). The van der Waals surface area contributed by atoms with E-state index in [9.17, 15) is 13.2 Å². The first-order chi connectivity index (χ1) is 10.8. The summed E-state index contributed by atoms with van der Waals surface area (Å²) in [7, 11) is -2.39. The predicted molar refractivity (Wildman–Crippen MR) is 88.9 cm³/mol. The Morgan fingerprint density at radius 3 is 2.65 bits per heavy atom. The molecule has 2 heterocycles. The summed E-state index contributed by atoms with van der Waals surface area (Å²) in [5, 5.41) is 3.51. The molecule has 0 bridgehead atoms. The number of hydrogen-bond acceptors (Lipinski definition) is 6. The molecule has 8 heteroatoms. The molecule has 1 aromatic carbocycles. The monoisotopic (exact) mass is 350 g/mol. The Balaban J connectivity index is 2.08. The lowest BCUT2D eigenvalue weighted by atomic mass is 10.1. The first-order valence-electron chi connectivity index (χ1n) is 6.75. The quantitative estimate of drug-likeness (QED) is 0.842. The Morgan fingerprint density at radius 2 is 1.96 bits per heavy atom. The first kappa shape index (κ1) is 15.7. The molecule has 0 saturated carbocycles. The third-order valence-electron chi connectivity index (χ3n) is 3.64. The van der Waals surface area contributed by atoms with Crippen molar-refractivity contribution in [1.82, 2.24) is 0 Å². The molecule has 0 unspecified atom stereocenters. The largest absolute Gasteiger partial charge is 0.465 e. The number of benzene rings is 1. The molecule has 23 heavy (non-hydrogen) atoms. The Bertz CT molecular complexity index is 942. The van der Waals surface area contributed by atoms with Crippen molar-refractivity contribution in [3.05, 3.63) is 45.8 Å². The van der Waals surface area contributed by atoms with Crippen LogP contribution in [0.2, 0.25) is 0 Å². The number of carbonyl (C=O) groups is 1. The van der Waals surface area contributed by atoms with E-state index in [1.165, 1.54) is 24.5 Å². The molecule has 1 aliphatic heterocycles. The van der Waals surface area contributed by atoms with E-state index in [4.69, 9.17) is 4.74 Å². The van der Waals surface area contributed by atoms with Gasteiger partial charge in [-0.3, -0.25) is 0 Å². The highest BCUT2D eigenvalue weighted by atomic mass is 32.2. The summed E-state index contributed by atoms with van der Waals surface area (Å²) in [5.74, 6) is -0.254. The molecule has 0 radical (unpaired) electrons. The van der Waals surface area contributed by atoms with Crippen LogP contribution in [0.5, 0.6) is 0 Å². The van der Waals surface area contributed by atoms with Gasteiger partial charge in [0.1, 0.15) is 9.90 Å². The van der Waals surface area contributed by atoms with Crippen LogP contribution in [0.15, 0.2) is 33.6 Å². The average Bonchev–Trinajstić information content (AvgIpc) is 2.94. The molecule has 0 saturated heterocycles. The Labute approximate surface area is 137 Å². The SMILES string of the molecule is COC(=O)c1c(NC2=NS(=O)(=O)c3ccccc32)sc(C)c1C. The van der Waals surface area contributed by atoms with Gasteiger partial charge in [-0.2, -0.15) is 8.42 Å². The first-order valence-corrected chi connectivity index (χ1v) is 9.00. The van der Waals surface area contributed by atoms with Crippen molar-refractivity contribution in [2.24, 2.45) is 4.40 Å². The van der Waals surface area contributed by atoms with Crippen molar-refractivity contribution < 1.29 is 17.9 Å². The van der Waals surface area contributed by atoms with E-state index in [2.05, 4.69) is 9.71 Å². The number of anilines is 1. The zero-order valence-electron chi connectivity index (χ0n) is 12.7. The van der Waals surface area contributed by atoms with E-state index in [0.29, 0.717) is 16.1 Å². The van der Waals surface area contributed by atoms with E-state index in [0.717, 1.165) is 10.4 Å². The number of fused-ring (bicyclic) bond motifs is 1. The normalized spacial score (nSPS) is 15.0. The van der Waals surface area contributed by atoms with Crippen LogP contribution in [0.1, 0.15) is 26.4 Å². The van der Waals surface area contributed by atoms with Crippen molar-refractivity contribution >= 4 is 38.2 Å². The lowest BCUT2D eigenvalue weighted by Crippen LogP contribution is -2.13. The summed E-state index contributed by atoms with van der Waals surface area (Å²) in [6.07, 6.45) is 0. The highest BCUT2D eigenvalue weighted by molar-refractivity contribution is 7.90. The van der Waals surface area contributed by atoms with Gasteiger partial charge >= 0.3 is 5.97 Å². The van der Waals surface area contributed by atoms with Gasteiger partial charge < -0.3 is 10.1 Å². The molecule has 0 atom stereocenters. The molecular weight excluding hydrogens is 336 g/mol. The molecule has 6 nitrogen and oxygen atoms in total. The van der Waals surface area contributed by atoms with Crippen LogP contribution in [0.3, 0.4) is 0 Å². The number of aryl methyl sites for hydroxylation is 1. The van der Waals surface area contributed by atoms with Crippen LogP contribution in [-0.2, 0) is 14.8 Å². The Morgan fingerprint density at radius 1 is 1.26 bits per heavy atom. The van der Waals surface area contributed by atoms with Crippen molar-refractivity contribution in [3.8, 4) is 0 Å². The molecule has 1 aromatic heterocycles. The molecule has 1 aliphatic rings. The number of thiophene rings is 1. The number of methoxy groups -OCH3 is 1. The molecular formula is C15H14N2O4S2. The zero-order chi connectivity index (χ0) is 16.8. The minimum Gasteiger partial charge on any atom is -0.465 e. The van der Waals surface area contributed by atoms with E-state index in [1.54, 1.807) is 18.2 Å². The number of esters is 1. The second kappa shape index (κ2) is 5.47. The van der Waals surface area contributed by atoms with Crippen LogP contribution >= 0.6 is 11.3 Å².